The number of hydrogen-bond acceptors (Lipinski definition) is 5. The van der Waals surface area contributed by atoms with Crippen molar-refractivity contribution < 1.29 is 14.5 Å². The lowest BCUT2D eigenvalue weighted by atomic mass is 10.2. The van der Waals surface area contributed by atoms with Crippen molar-refractivity contribution in [3.05, 3.63) is 33.3 Å². The molecular formula is C13H17ClN2O4. The maximum Gasteiger partial charge on any atom is 0.325 e. The lowest BCUT2D eigenvalue weighted by Crippen LogP contribution is -2.36. The Balaban J connectivity index is 3.03. The van der Waals surface area contributed by atoms with Gasteiger partial charge in [-0.2, -0.15) is 0 Å². The Morgan fingerprint density at radius 2 is 2.15 bits per heavy atom. The van der Waals surface area contributed by atoms with Crippen LogP contribution in [0, 0.1) is 10.1 Å². The smallest absolute Gasteiger partial charge is 0.325 e. The highest BCUT2D eigenvalue weighted by Gasteiger charge is 2.20. The number of anilines is 1. The van der Waals surface area contributed by atoms with E-state index in [1.807, 2.05) is 13.8 Å². The van der Waals surface area contributed by atoms with Crippen molar-refractivity contribution in [2.75, 3.05) is 18.1 Å². The van der Waals surface area contributed by atoms with Gasteiger partial charge in [0, 0.05) is 18.2 Å². The van der Waals surface area contributed by atoms with Gasteiger partial charge in [0.25, 0.3) is 5.69 Å². The molecule has 0 atom stereocenters. The molecule has 0 unspecified atom stereocenters. The minimum atomic E-state index is -0.513. The number of nitro benzene ring substituents is 1. The monoisotopic (exact) mass is 300 g/mol. The van der Waals surface area contributed by atoms with Crippen LogP contribution in [-0.2, 0) is 9.53 Å². The molecule has 0 saturated heterocycles. The lowest BCUT2D eigenvalue weighted by molar-refractivity contribution is -0.384. The average Bonchev–Trinajstić information content (AvgIpc) is 2.36. The number of ether oxygens (including phenoxy) is 1. The summed E-state index contributed by atoms with van der Waals surface area (Å²) in [5.74, 6) is -0.365. The van der Waals surface area contributed by atoms with E-state index in [0.29, 0.717) is 12.3 Å². The predicted molar refractivity (Wildman–Crippen MR) is 77.2 cm³/mol. The van der Waals surface area contributed by atoms with E-state index in [1.54, 1.807) is 17.9 Å². The summed E-state index contributed by atoms with van der Waals surface area (Å²) >= 11 is 6.07. The van der Waals surface area contributed by atoms with Crippen LogP contribution in [0.15, 0.2) is 18.2 Å². The first kappa shape index (κ1) is 16.2. The summed E-state index contributed by atoms with van der Waals surface area (Å²) in [7, 11) is 0. The molecule has 0 heterocycles. The van der Waals surface area contributed by atoms with Crippen molar-refractivity contribution in [1.29, 1.82) is 0 Å². The first-order valence-electron chi connectivity index (χ1n) is 6.23. The Bertz CT molecular complexity index is 505. The van der Waals surface area contributed by atoms with Crippen molar-refractivity contribution in [2.24, 2.45) is 0 Å². The molecule has 1 rings (SSSR count). The number of halogens is 1. The van der Waals surface area contributed by atoms with Gasteiger partial charge in [-0.3, -0.25) is 14.9 Å². The van der Waals surface area contributed by atoms with Gasteiger partial charge < -0.3 is 9.64 Å². The van der Waals surface area contributed by atoms with Crippen LogP contribution in [0.25, 0.3) is 0 Å². The van der Waals surface area contributed by atoms with Crippen molar-refractivity contribution in [2.45, 2.75) is 26.8 Å². The zero-order chi connectivity index (χ0) is 15.3. The Hall–Kier alpha value is -1.82. The number of non-ortho nitro benzene ring substituents is 1. The fourth-order valence-corrected chi connectivity index (χ4v) is 2.02. The highest BCUT2D eigenvalue weighted by molar-refractivity contribution is 6.33. The quantitative estimate of drug-likeness (QED) is 0.459. The normalized spacial score (nSPS) is 10.4. The molecule has 0 radical (unpaired) electrons. The zero-order valence-electron chi connectivity index (χ0n) is 11.6. The number of rotatable bonds is 6. The molecular weight excluding hydrogens is 284 g/mol. The summed E-state index contributed by atoms with van der Waals surface area (Å²) in [6.45, 7) is 5.88. The summed E-state index contributed by atoms with van der Waals surface area (Å²) < 4.78 is 4.91. The van der Waals surface area contributed by atoms with Crippen LogP contribution in [0.4, 0.5) is 11.4 Å². The number of carbonyl (C=O) groups is 1. The van der Waals surface area contributed by atoms with E-state index in [2.05, 4.69) is 0 Å². The number of carbonyl (C=O) groups excluding carboxylic acids is 1. The van der Waals surface area contributed by atoms with Gasteiger partial charge >= 0.3 is 5.97 Å². The Morgan fingerprint density at radius 3 is 2.60 bits per heavy atom. The van der Waals surface area contributed by atoms with Gasteiger partial charge in [-0.25, -0.2) is 0 Å². The van der Waals surface area contributed by atoms with Crippen LogP contribution in [-0.4, -0.2) is 30.1 Å². The molecule has 0 aliphatic heterocycles. The van der Waals surface area contributed by atoms with Crippen LogP contribution in [0.1, 0.15) is 20.8 Å². The third-order valence-corrected chi connectivity index (χ3v) is 2.98. The number of nitro groups is 1. The summed E-state index contributed by atoms with van der Waals surface area (Å²) in [4.78, 5) is 23.5. The molecule has 6 nitrogen and oxygen atoms in total. The van der Waals surface area contributed by atoms with Crippen molar-refractivity contribution >= 4 is 28.9 Å². The molecule has 0 amide bonds. The molecule has 7 heteroatoms. The number of nitrogens with zero attached hydrogens (tertiary/aromatic N) is 2. The van der Waals surface area contributed by atoms with Crippen LogP contribution in [0.3, 0.4) is 0 Å². The number of esters is 1. The van der Waals surface area contributed by atoms with Gasteiger partial charge in [-0.1, -0.05) is 11.6 Å². The van der Waals surface area contributed by atoms with Gasteiger partial charge in [0.05, 0.1) is 22.2 Å². The van der Waals surface area contributed by atoms with Crippen LogP contribution in [0.2, 0.25) is 5.02 Å². The second-order valence-corrected chi connectivity index (χ2v) is 4.83. The summed E-state index contributed by atoms with van der Waals surface area (Å²) in [6, 6.07) is 4.18. The Kier molecular flexibility index (Phi) is 5.76. The largest absolute Gasteiger partial charge is 0.465 e. The molecule has 0 N–H and O–H groups in total. The topological polar surface area (TPSA) is 72.7 Å². The molecule has 0 bridgehead atoms. The maximum atomic E-state index is 11.6. The molecule has 20 heavy (non-hydrogen) atoms. The zero-order valence-corrected chi connectivity index (χ0v) is 12.4. The minimum Gasteiger partial charge on any atom is -0.465 e. The fourth-order valence-electron chi connectivity index (χ4n) is 1.73. The van der Waals surface area contributed by atoms with Gasteiger partial charge in [-0.15, -0.1) is 0 Å². The Morgan fingerprint density at radius 1 is 1.50 bits per heavy atom. The molecule has 0 saturated carbocycles. The fraction of sp³-hybridized carbons (Fsp3) is 0.462. The van der Waals surface area contributed by atoms with Crippen molar-refractivity contribution in [3.8, 4) is 0 Å². The van der Waals surface area contributed by atoms with Gasteiger partial charge in [-0.05, 0) is 26.8 Å². The first-order valence-corrected chi connectivity index (χ1v) is 6.60. The summed E-state index contributed by atoms with van der Waals surface area (Å²) in [5.41, 5.74) is 0.485. The molecule has 0 aromatic heterocycles. The second kappa shape index (κ2) is 7.09. The van der Waals surface area contributed by atoms with Gasteiger partial charge in [0.15, 0.2) is 0 Å². The third kappa shape index (κ3) is 4.09. The third-order valence-electron chi connectivity index (χ3n) is 2.68. The van der Waals surface area contributed by atoms with E-state index in [0.717, 1.165) is 0 Å². The molecule has 0 spiro atoms. The SMILES string of the molecule is CCOC(=O)CN(c1ccc([N+](=O)[O-])cc1Cl)C(C)C. The Labute approximate surface area is 122 Å². The number of hydrogen-bond donors (Lipinski definition) is 0. The van der Waals surface area contributed by atoms with Crippen LogP contribution < -0.4 is 4.90 Å². The first-order chi connectivity index (χ1) is 9.36. The van der Waals surface area contributed by atoms with E-state index in [1.165, 1.54) is 12.1 Å². The second-order valence-electron chi connectivity index (χ2n) is 4.42. The van der Waals surface area contributed by atoms with E-state index >= 15 is 0 Å². The van der Waals surface area contributed by atoms with Crippen molar-refractivity contribution in [1.82, 2.24) is 0 Å². The standard InChI is InChI=1S/C13H17ClN2O4/c1-4-20-13(17)8-15(9(2)3)12-6-5-10(16(18)19)7-11(12)14/h5-7,9H,4,8H2,1-3H3. The maximum absolute atomic E-state index is 11.6. The van der Waals surface area contributed by atoms with Crippen LogP contribution in [0.5, 0.6) is 0 Å². The minimum absolute atomic E-state index is 0.00152. The molecule has 110 valence electrons. The van der Waals surface area contributed by atoms with Gasteiger partial charge in [0.1, 0.15) is 6.54 Å². The predicted octanol–water partition coefficient (Wildman–Crippen LogP) is 3.03. The van der Waals surface area contributed by atoms with E-state index in [9.17, 15) is 14.9 Å². The van der Waals surface area contributed by atoms with Crippen LogP contribution >= 0.6 is 11.6 Å². The highest BCUT2D eigenvalue weighted by Crippen LogP contribution is 2.30. The molecule has 1 aromatic rings. The summed E-state index contributed by atoms with van der Waals surface area (Å²) in [5, 5.41) is 10.9. The lowest BCUT2D eigenvalue weighted by Gasteiger charge is -2.28. The summed E-state index contributed by atoms with van der Waals surface area (Å²) in [6.07, 6.45) is 0. The van der Waals surface area contributed by atoms with E-state index < -0.39 is 4.92 Å². The van der Waals surface area contributed by atoms with Gasteiger partial charge in [0.2, 0.25) is 0 Å². The van der Waals surface area contributed by atoms with E-state index in [4.69, 9.17) is 16.3 Å². The average molecular weight is 301 g/mol. The molecule has 0 fully saturated rings. The van der Waals surface area contributed by atoms with E-state index in [-0.39, 0.29) is 29.3 Å². The molecule has 1 aromatic carbocycles. The highest BCUT2D eigenvalue weighted by atomic mass is 35.5. The molecule has 0 aliphatic carbocycles. The number of benzene rings is 1. The van der Waals surface area contributed by atoms with Crippen molar-refractivity contribution in [3.63, 3.8) is 0 Å². The molecule has 0 aliphatic rings.